The summed E-state index contributed by atoms with van der Waals surface area (Å²) in [4.78, 5) is 13.8. The van der Waals surface area contributed by atoms with E-state index in [9.17, 15) is 4.79 Å². The van der Waals surface area contributed by atoms with Crippen LogP contribution < -0.4 is 5.73 Å². The van der Waals surface area contributed by atoms with Gasteiger partial charge < -0.3 is 15.8 Å². The molecule has 0 aromatic heterocycles. The molecular formula is C11H21N3O2. The van der Waals surface area contributed by atoms with Crippen LogP contribution in [0.25, 0.3) is 0 Å². The molecule has 92 valence electrons. The van der Waals surface area contributed by atoms with Crippen molar-refractivity contribution in [2.75, 3.05) is 13.1 Å². The normalized spacial score (nSPS) is 23.9. The third-order valence-electron chi connectivity index (χ3n) is 3.41. The summed E-state index contributed by atoms with van der Waals surface area (Å²) in [6, 6.07) is 0. The van der Waals surface area contributed by atoms with E-state index in [0.29, 0.717) is 11.8 Å². The minimum absolute atomic E-state index is 0.0157. The maximum Gasteiger partial charge on any atom is 0.233 e. The molecule has 5 heteroatoms. The zero-order valence-corrected chi connectivity index (χ0v) is 10.2. The lowest BCUT2D eigenvalue weighted by Crippen LogP contribution is -2.39. The van der Waals surface area contributed by atoms with Gasteiger partial charge in [-0.3, -0.25) is 4.79 Å². The number of carbonyl (C=O) groups is 1. The average Bonchev–Trinajstić information content (AvgIpc) is 2.75. The van der Waals surface area contributed by atoms with Gasteiger partial charge in [-0.15, -0.1) is 0 Å². The van der Waals surface area contributed by atoms with Crippen molar-refractivity contribution in [3.63, 3.8) is 0 Å². The fourth-order valence-electron chi connectivity index (χ4n) is 2.02. The molecule has 1 aliphatic rings. The molecule has 2 atom stereocenters. The van der Waals surface area contributed by atoms with Gasteiger partial charge >= 0.3 is 0 Å². The second-order valence-electron chi connectivity index (χ2n) is 4.82. The summed E-state index contributed by atoms with van der Waals surface area (Å²) < 4.78 is 0. The quantitative estimate of drug-likeness (QED) is 0.325. The molecule has 0 aromatic carbocycles. The van der Waals surface area contributed by atoms with Crippen LogP contribution in [-0.2, 0) is 4.79 Å². The Kier molecular flexibility index (Phi) is 4.15. The Bertz CT molecular complexity index is 289. The second kappa shape index (κ2) is 5.18. The summed E-state index contributed by atoms with van der Waals surface area (Å²) in [5.41, 5.74) is 5.43. The van der Waals surface area contributed by atoms with Gasteiger partial charge in [-0.05, 0) is 25.2 Å². The highest BCUT2D eigenvalue weighted by Crippen LogP contribution is 2.24. The standard InChI is InChI=1S/C11H21N3O2/c1-7(2)9-4-5-14(6-9)11(15)8(3)10(12)13-16/h7-9,16H,4-6H2,1-3H3,(H2,12,13). The first-order valence-electron chi connectivity index (χ1n) is 5.73. The molecule has 0 saturated carbocycles. The van der Waals surface area contributed by atoms with Crippen LogP contribution in [0.3, 0.4) is 0 Å². The molecule has 1 rings (SSSR count). The summed E-state index contributed by atoms with van der Waals surface area (Å²) in [5.74, 6) is 0.577. The number of amides is 1. The van der Waals surface area contributed by atoms with Crippen molar-refractivity contribution in [1.29, 1.82) is 0 Å². The Morgan fingerprint density at radius 3 is 2.56 bits per heavy atom. The van der Waals surface area contributed by atoms with Crippen LogP contribution in [-0.4, -0.2) is 34.9 Å². The summed E-state index contributed by atoms with van der Waals surface area (Å²) >= 11 is 0. The number of likely N-dealkylation sites (tertiary alicyclic amines) is 1. The highest BCUT2D eigenvalue weighted by atomic mass is 16.4. The smallest absolute Gasteiger partial charge is 0.233 e. The number of hydrogen-bond donors (Lipinski definition) is 2. The average molecular weight is 227 g/mol. The molecule has 0 spiro atoms. The van der Waals surface area contributed by atoms with Crippen LogP contribution in [0.2, 0.25) is 0 Å². The first-order chi connectivity index (χ1) is 7.47. The van der Waals surface area contributed by atoms with Crippen LogP contribution in [0.5, 0.6) is 0 Å². The predicted octanol–water partition coefficient (Wildman–Crippen LogP) is 0.873. The molecule has 5 nitrogen and oxygen atoms in total. The molecule has 1 saturated heterocycles. The van der Waals surface area contributed by atoms with Gasteiger partial charge in [-0.25, -0.2) is 0 Å². The Labute approximate surface area is 96.3 Å². The number of hydrogen-bond acceptors (Lipinski definition) is 3. The Morgan fingerprint density at radius 1 is 1.50 bits per heavy atom. The van der Waals surface area contributed by atoms with E-state index in [1.54, 1.807) is 6.92 Å². The number of oxime groups is 1. The minimum atomic E-state index is -0.532. The maximum atomic E-state index is 12.0. The van der Waals surface area contributed by atoms with Crippen molar-refractivity contribution in [3.05, 3.63) is 0 Å². The molecule has 1 heterocycles. The largest absolute Gasteiger partial charge is 0.409 e. The molecular weight excluding hydrogens is 206 g/mol. The van der Waals surface area contributed by atoms with Crippen molar-refractivity contribution < 1.29 is 10.0 Å². The lowest BCUT2D eigenvalue weighted by atomic mass is 9.95. The van der Waals surface area contributed by atoms with Crippen molar-refractivity contribution in [1.82, 2.24) is 4.90 Å². The summed E-state index contributed by atoms with van der Waals surface area (Å²) in [7, 11) is 0. The molecule has 2 unspecified atom stereocenters. The Hall–Kier alpha value is -1.26. The van der Waals surface area contributed by atoms with Gasteiger partial charge in [0.15, 0.2) is 5.84 Å². The van der Waals surface area contributed by atoms with Crippen LogP contribution in [0.4, 0.5) is 0 Å². The van der Waals surface area contributed by atoms with Crippen molar-refractivity contribution in [2.45, 2.75) is 27.2 Å². The first-order valence-corrected chi connectivity index (χ1v) is 5.73. The highest BCUT2D eigenvalue weighted by Gasteiger charge is 2.31. The summed E-state index contributed by atoms with van der Waals surface area (Å²) in [5, 5.41) is 11.4. The first kappa shape index (κ1) is 12.8. The SMILES string of the molecule is CC(C(=O)N1CCC(C(C)C)C1)C(N)=NO. The molecule has 0 radical (unpaired) electrons. The monoisotopic (exact) mass is 227 g/mol. The van der Waals surface area contributed by atoms with Gasteiger partial charge in [0.1, 0.15) is 0 Å². The number of carbonyl (C=O) groups excluding carboxylic acids is 1. The molecule has 0 aliphatic carbocycles. The van der Waals surface area contributed by atoms with Crippen LogP contribution >= 0.6 is 0 Å². The number of nitrogens with zero attached hydrogens (tertiary/aromatic N) is 2. The molecule has 1 aliphatic heterocycles. The third kappa shape index (κ3) is 2.65. The van der Waals surface area contributed by atoms with Gasteiger partial charge in [0.2, 0.25) is 5.91 Å². The van der Waals surface area contributed by atoms with Crippen LogP contribution in [0.15, 0.2) is 5.16 Å². The van der Waals surface area contributed by atoms with Gasteiger partial charge in [0, 0.05) is 13.1 Å². The van der Waals surface area contributed by atoms with Gasteiger partial charge in [-0.2, -0.15) is 0 Å². The Balaban J connectivity index is 2.57. The third-order valence-corrected chi connectivity index (χ3v) is 3.41. The van der Waals surface area contributed by atoms with Crippen molar-refractivity contribution in [2.24, 2.45) is 28.6 Å². The molecule has 0 aromatic rings. The maximum absolute atomic E-state index is 12.0. The van der Waals surface area contributed by atoms with E-state index in [2.05, 4.69) is 19.0 Å². The zero-order valence-electron chi connectivity index (χ0n) is 10.2. The molecule has 1 amide bonds. The molecule has 16 heavy (non-hydrogen) atoms. The fourth-order valence-corrected chi connectivity index (χ4v) is 2.02. The fraction of sp³-hybridized carbons (Fsp3) is 0.818. The van der Waals surface area contributed by atoms with Crippen LogP contribution in [0.1, 0.15) is 27.2 Å². The number of nitrogens with two attached hydrogens (primary N) is 1. The van der Waals surface area contributed by atoms with E-state index in [1.807, 2.05) is 4.90 Å². The molecule has 0 bridgehead atoms. The summed E-state index contributed by atoms with van der Waals surface area (Å²) in [6.45, 7) is 7.58. The highest BCUT2D eigenvalue weighted by molar-refractivity contribution is 6.01. The molecule has 1 fully saturated rings. The minimum Gasteiger partial charge on any atom is -0.409 e. The topological polar surface area (TPSA) is 78.9 Å². The number of amidine groups is 1. The summed E-state index contributed by atoms with van der Waals surface area (Å²) in [6.07, 6.45) is 1.05. The van der Waals surface area contributed by atoms with Gasteiger partial charge in [-0.1, -0.05) is 19.0 Å². The van der Waals surface area contributed by atoms with Crippen LogP contribution in [0, 0.1) is 17.8 Å². The Morgan fingerprint density at radius 2 is 2.12 bits per heavy atom. The van der Waals surface area contributed by atoms with E-state index in [-0.39, 0.29) is 11.7 Å². The van der Waals surface area contributed by atoms with E-state index >= 15 is 0 Å². The lowest BCUT2D eigenvalue weighted by molar-refractivity contribution is -0.132. The van der Waals surface area contributed by atoms with E-state index in [0.717, 1.165) is 19.5 Å². The predicted molar refractivity (Wildman–Crippen MR) is 62.1 cm³/mol. The second-order valence-corrected chi connectivity index (χ2v) is 4.82. The van der Waals surface area contributed by atoms with Gasteiger partial charge in [0.05, 0.1) is 5.92 Å². The van der Waals surface area contributed by atoms with Gasteiger partial charge in [0.25, 0.3) is 0 Å². The number of rotatable bonds is 3. The van der Waals surface area contributed by atoms with E-state index in [4.69, 9.17) is 10.9 Å². The van der Waals surface area contributed by atoms with E-state index in [1.165, 1.54) is 0 Å². The lowest BCUT2D eigenvalue weighted by Gasteiger charge is -2.21. The zero-order chi connectivity index (χ0) is 12.3. The van der Waals surface area contributed by atoms with Crippen molar-refractivity contribution in [3.8, 4) is 0 Å². The van der Waals surface area contributed by atoms with Crippen molar-refractivity contribution >= 4 is 11.7 Å². The van der Waals surface area contributed by atoms with E-state index < -0.39 is 5.92 Å². The molecule has 3 N–H and O–H groups in total.